The van der Waals surface area contributed by atoms with Crippen molar-refractivity contribution in [2.75, 3.05) is 13.0 Å². The normalized spacial score (nSPS) is 16.4. The van der Waals surface area contributed by atoms with Crippen LogP contribution in [0.25, 0.3) is 0 Å². The van der Waals surface area contributed by atoms with Crippen LogP contribution in [-0.4, -0.2) is 33.1 Å². The van der Waals surface area contributed by atoms with Crippen LogP contribution in [0, 0.1) is 0 Å². The van der Waals surface area contributed by atoms with Gasteiger partial charge in [0.15, 0.2) is 5.82 Å². The maximum absolute atomic E-state index is 12.9. The van der Waals surface area contributed by atoms with Crippen LogP contribution in [0.5, 0.6) is 5.75 Å². The molecule has 1 aromatic heterocycles. The molecule has 4 rings (SSSR count). The van der Waals surface area contributed by atoms with E-state index in [-0.39, 0.29) is 17.2 Å². The van der Waals surface area contributed by atoms with Gasteiger partial charge in [0.05, 0.1) is 18.4 Å². The Hall–Kier alpha value is -3.00. The summed E-state index contributed by atoms with van der Waals surface area (Å²) in [5, 5.41) is 11.8. The monoisotopic (exact) mass is 437 g/mol. The van der Waals surface area contributed by atoms with Gasteiger partial charge in [0.2, 0.25) is 11.1 Å². The van der Waals surface area contributed by atoms with E-state index in [9.17, 15) is 4.79 Å². The molecule has 162 valence electrons. The zero-order valence-electron chi connectivity index (χ0n) is 17.7. The number of hydrogen-bond donors (Lipinski definition) is 2. The van der Waals surface area contributed by atoms with Crippen molar-refractivity contribution in [2.24, 2.45) is 0 Å². The lowest BCUT2D eigenvalue weighted by molar-refractivity contribution is -0.121. The molecule has 0 aliphatic heterocycles. The second kappa shape index (κ2) is 9.43. The summed E-state index contributed by atoms with van der Waals surface area (Å²) >= 11 is 1.32. The van der Waals surface area contributed by atoms with Crippen molar-refractivity contribution in [1.82, 2.24) is 20.2 Å². The lowest BCUT2D eigenvalue weighted by atomic mass is 9.88. The van der Waals surface area contributed by atoms with Crippen LogP contribution in [0.2, 0.25) is 0 Å². The van der Waals surface area contributed by atoms with E-state index in [0.717, 1.165) is 30.6 Å². The summed E-state index contributed by atoms with van der Waals surface area (Å²) in [4.78, 5) is 12.9. The van der Waals surface area contributed by atoms with Gasteiger partial charge >= 0.3 is 0 Å². The number of methoxy groups -OCH3 is 1. The number of nitrogens with zero attached hydrogens (tertiary/aromatic N) is 3. The van der Waals surface area contributed by atoms with E-state index in [2.05, 4.69) is 33.7 Å². The van der Waals surface area contributed by atoms with Crippen molar-refractivity contribution in [2.45, 2.75) is 49.1 Å². The van der Waals surface area contributed by atoms with Crippen LogP contribution < -0.4 is 15.9 Å². The number of ether oxygens (including phenoxy) is 1. The van der Waals surface area contributed by atoms with Gasteiger partial charge in [-0.1, -0.05) is 48.2 Å². The van der Waals surface area contributed by atoms with E-state index in [4.69, 9.17) is 10.6 Å². The number of nitrogen functional groups attached to an aromatic ring is 1. The predicted octanol–water partition coefficient (Wildman–Crippen LogP) is 3.27. The van der Waals surface area contributed by atoms with Gasteiger partial charge in [-0.25, -0.2) is 4.68 Å². The Morgan fingerprint density at radius 2 is 2.03 bits per heavy atom. The number of aryl methyl sites for hydroxylation is 1. The summed E-state index contributed by atoms with van der Waals surface area (Å²) in [6, 6.07) is 16.1. The topological polar surface area (TPSA) is 95.1 Å². The number of thioether (sulfide) groups is 1. The molecule has 0 fully saturated rings. The standard InChI is InChI=1S/C23H27N5O2S/c1-15(22(29)25-20-9-5-7-17-6-3-4-8-19(17)20)31-23-27-26-21(28(23)24)14-16-10-12-18(30-2)13-11-16/h3-4,6,8,10-13,15,20H,5,7,9,14,24H2,1-2H3,(H,25,29). The largest absolute Gasteiger partial charge is 0.497 e. The Labute approximate surface area is 186 Å². The van der Waals surface area contributed by atoms with Gasteiger partial charge in [0.1, 0.15) is 5.75 Å². The first-order chi connectivity index (χ1) is 15.0. The lowest BCUT2D eigenvalue weighted by Gasteiger charge is -2.27. The molecule has 7 nitrogen and oxygen atoms in total. The molecule has 0 saturated carbocycles. The number of nitrogens with two attached hydrogens (primary N) is 1. The minimum atomic E-state index is -0.338. The molecule has 0 saturated heterocycles. The average molecular weight is 438 g/mol. The van der Waals surface area contributed by atoms with Crippen molar-refractivity contribution in [3.05, 3.63) is 71.0 Å². The first kappa shape index (κ1) is 21.2. The minimum Gasteiger partial charge on any atom is -0.497 e. The Kier molecular flexibility index (Phi) is 6.46. The third-order valence-electron chi connectivity index (χ3n) is 5.59. The third kappa shape index (κ3) is 4.85. The Bertz CT molecular complexity index is 1050. The van der Waals surface area contributed by atoms with Crippen LogP contribution in [0.3, 0.4) is 0 Å². The molecule has 1 aliphatic carbocycles. The van der Waals surface area contributed by atoms with Gasteiger partial charge in [-0.05, 0) is 55.0 Å². The SMILES string of the molecule is COc1ccc(Cc2nnc(SC(C)C(=O)NC3CCCc4ccccc43)n2N)cc1. The van der Waals surface area contributed by atoms with Crippen LogP contribution in [0.15, 0.2) is 53.7 Å². The summed E-state index contributed by atoms with van der Waals surface area (Å²) < 4.78 is 6.65. The van der Waals surface area contributed by atoms with E-state index in [1.165, 1.54) is 27.6 Å². The number of amides is 1. The molecule has 2 unspecified atom stereocenters. The molecule has 8 heteroatoms. The molecular weight excluding hydrogens is 410 g/mol. The number of fused-ring (bicyclic) bond motifs is 1. The van der Waals surface area contributed by atoms with Crippen molar-refractivity contribution in [3.63, 3.8) is 0 Å². The number of carbonyl (C=O) groups excluding carboxylic acids is 1. The first-order valence-corrected chi connectivity index (χ1v) is 11.3. The molecular formula is C23H27N5O2S. The molecule has 31 heavy (non-hydrogen) atoms. The molecule has 0 spiro atoms. The van der Waals surface area contributed by atoms with E-state index >= 15 is 0 Å². The Morgan fingerprint density at radius 1 is 1.26 bits per heavy atom. The summed E-state index contributed by atoms with van der Waals surface area (Å²) in [5.74, 6) is 7.64. The van der Waals surface area contributed by atoms with E-state index < -0.39 is 0 Å². The highest BCUT2D eigenvalue weighted by Crippen LogP contribution is 2.30. The number of aromatic nitrogens is 3. The summed E-state index contributed by atoms with van der Waals surface area (Å²) in [6.45, 7) is 1.87. The van der Waals surface area contributed by atoms with Gasteiger partial charge in [0.25, 0.3) is 0 Å². The highest BCUT2D eigenvalue weighted by molar-refractivity contribution is 8.00. The fraction of sp³-hybridized carbons (Fsp3) is 0.348. The predicted molar refractivity (Wildman–Crippen MR) is 122 cm³/mol. The molecule has 0 radical (unpaired) electrons. The molecule has 0 bridgehead atoms. The number of carbonyl (C=O) groups is 1. The highest BCUT2D eigenvalue weighted by Gasteiger charge is 2.25. The average Bonchev–Trinajstić information content (AvgIpc) is 3.13. The van der Waals surface area contributed by atoms with Crippen molar-refractivity contribution >= 4 is 17.7 Å². The minimum absolute atomic E-state index is 0.0218. The second-order valence-electron chi connectivity index (χ2n) is 7.71. The molecule has 1 amide bonds. The van der Waals surface area contributed by atoms with Crippen LogP contribution in [0.4, 0.5) is 0 Å². The van der Waals surface area contributed by atoms with Gasteiger partial charge in [-0.15, -0.1) is 10.2 Å². The first-order valence-electron chi connectivity index (χ1n) is 10.4. The molecule has 1 aliphatic rings. The molecule has 3 N–H and O–H groups in total. The number of rotatable bonds is 7. The van der Waals surface area contributed by atoms with Gasteiger partial charge in [-0.2, -0.15) is 0 Å². The van der Waals surface area contributed by atoms with Crippen molar-refractivity contribution in [3.8, 4) is 5.75 Å². The maximum Gasteiger partial charge on any atom is 0.233 e. The van der Waals surface area contributed by atoms with Crippen LogP contribution in [-0.2, 0) is 17.6 Å². The summed E-state index contributed by atoms with van der Waals surface area (Å²) in [6.07, 6.45) is 3.65. The highest BCUT2D eigenvalue weighted by atomic mass is 32.2. The third-order valence-corrected chi connectivity index (χ3v) is 6.65. The zero-order chi connectivity index (χ0) is 21.8. The summed E-state index contributed by atoms with van der Waals surface area (Å²) in [7, 11) is 1.64. The fourth-order valence-electron chi connectivity index (χ4n) is 3.84. The van der Waals surface area contributed by atoms with Gasteiger partial charge in [-0.3, -0.25) is 4.79 Å². The second-order valence-corrected chi connectivity index (χ2v) is 9.01. The van der Waals surface area contributed by atoms with Crippen molar-refractivity contribution < 1.29 is 9.53 Å². The van der Waals surface area contributed by atoms with Crippen molar-refractivity contribution in [1.29, 1.82) is 0 Å². The van der Waals surface area contributed by atoms with Gasteiger partial charge in [0, 0.05) is 6.42 Å². The molecule has 2 aromatic carbocycles. The zero-order valence-corrected chi connectivity index (χ0v) is 18.6. The smallest absolute Gasteiger partial charge is 0.233 e. The van der Waals surface area contributed by atoms with Crippen LogP contribution >= 0.6 is 11.8 Å². The number of nitrogens with one attached hydrogen (secondary N) is 1. The Balaban J connectivity index is 1.38. The molecule has 1 heterocycles. The summed E-state index contributed by atoms with van der Waals surface area (Å²) in [5.41, 5.74) is 3.60. The van der Waals surface area contributed by atoms with E-state index in [1.807, 2.05) is 37.3 Å². The quantitative estimate of drug-likeness (QED) is 0.435. The van der Waals surface area contributed by atoms with E-state index in [0.29, 0.717) is 17.4 Å². The lowest BCUT2D eigenvalue weighted by Crippen LogP contribution is -2.36. The molecule has 2 atom stereocenters. The fourth-order valence-corrected chi connectivity index (χ4v) is 4.64. The number of benzene rings is 2. The Morgan fingerprint density at radius 3 is 2.81 bits per heavy atom. The van der Waals surface area contributed by atoms with Gasteiger partial charge < -0.3 is 15.9 Å². The van der Waals surface area contributed by atoms with E-state index in [1.54, 1.807) is 7.11 Å². The number of hydrogen-bond acceptors (Lipinski definition) is 6. The maximum atomic E-state index is 12.9. The van der Waals surface area contributed by atoms with Crippen LogP contribution in [0.1, 0.15) is 48.3 Å². The molecule has 3 aromatic rings.